The number of nitrogens with zero attached hydrogens (tertiary/aromatic N) is 1. The fourth-order valence-corrected chi connectivity index (χ4v) is 1.47. The lowest BCUT2D eigenvalue weighted by molar-refractivity contribution is -0.384. The molecule has 0 aliphatic carbocycles. The number of hydrogen-bond acceptors (Lipinski definition) is 5. The Morgan fingerprint density at radius 3 is 2.27 bits per heavy atom. The van der Waals surface area contributed by atoms with E-state index >= 15 is 0 Å². The molecule has 0 fully saturated rings. The summed E-state index contributed by atoms with van der Waals surface area (Å²) in [5, 5.41) is 10.1. The van der Waals surface area contributed by atoms with E-state index in [1.807, 2.05) is 0 Å². The van der Waals surface area contributed by atoms with Crippen LogP contribution in [0.1, 0.15) is 0 Å². The van der Waals surface area contributed by atoms with Crippen molar-refractivity contribution in [2.75, 3.05) is 0 Å². The Morgan fingerprint density at radius 2 is 1.87 bits per heavy atom. The van der Waals surface area contributed by atoms with Crippen LogP contribution in [-0.4, -0.2) is 17.9 Å². The molecule has 0 amide bonds. The van der Waals surface area contributed by atoms with Gasteiger partial charge in [-0.1, -0.05) is 11.6 Å². The van der Waals surface area contributed by atoms with Gasteiger partial charge in [-0.3, -0.25) is 10.1 Å². The van der Waals surface area contributed by atoms with Gasteiger partial charge in [0.1, 0.15) is 15.1 Å². The Hall–Kier alpha value is -1.22. The molecule has 0 radical (unpaired) electrons. The maximum atomic E-state index is 10.5. The lowest BCUT2D eigenvalue weighted by Crippen LogP contribution is -1.99. The first-order chi connectivity index (χ1) is 6.32. The summed E-state index contributed by atoms with van der Waals surface area (Å²) in [4.78, 5) is 8.79. The van der Waals surface area contributed by atoms with Gasteiger partial charge in [-0.25, -0.2) is 8.42 Å². The Morgan fingerprint density at radius 1 is 1.33 bits per heavy atom. The minimum Gasteiger partial charge on any atom is -0.744 e. The third-order valence-electron chi connectivity index (χ3n) is 1.40. The van der Waals surface area contributed by atoms with Gasteiger partial charge in [0, 0.05) is 6.07 Å². The zero-order chi connectivity index (χ0) is 10.9. The highest BCUT2D eigenvalue weighted by Crippen LogP contribution is 2.26. The second kappa shape index (κ2) is 4.53. The number of nitro benzene ring substituents is 1. The average Bonchev–Trinajstić information content (AvgIpc) is 2.02. The summed E-state index contributed by atoms with van der Waals surface area (Å²) in [6, 6.07) is 2.53. The minimum atomic E-state index is -4.69. The number of benzene rings is 1. The van der Waals surface area contributed by atoms with E-state index < -0.39 is 25.6 Å². The van der Waals surface area contributed by atoms with E-state index in [0.29, 0.717) is 6.07 Å². The summed E-state index contributed by atoms with van der Waals surface area (Å²) in [5.41, 5.74) is -0.608. The van der Waals surface area contributed by atoms with E-state index in [0.717, 1.165) is 12.1 Å². The van der Waals surface area contributed by atoms with Gasteiger partial charge in [-0.15, -0.1) is 0 Å². The molecule has 0 saturated carbocycles. The fraction of sp³-hybridized carbons (Fsp3) is 0. The summed E-state index contributed by atoms with van der Waals surface area (Å²) < 4.78 is 31.5. The molecule has 1 aromatic rings. The van der Waals surface area contributed by atoms with Crippen LogP contribution in [0.5, 0.6) is 0 Å². The predicted molar refractivity (Wildman–Crippen MR) is 52.1 cm³/mol. The van der Waals surface area contributed by atoms with Crippen molar-refractivity contribution in [3.05, 3.63) is 33.3 Å². The second-order valence-electron chi connectivity index (χ2n) is 2.32. The molecule has 0 heterocycles. The van der Waals surface area contributed by atoms with E-state index in [4.69, 9.17) is 11.6 Å². The quantitative estimate of drug-likeness (QED) is 0.484. The maximum Gasteiger partial charge on any atom is 0.289 e. The van der Waals surface area contributed by atoms with Gasteiger partial charge in [-0.2, -0.15) is 0 Å². The molecule has 15 heavy (non-hydrogen) atoms. The van der Waals surface area contributed by atoms with Gasteiger partial charge >= 0.3 is 0 Å². The predicted octanol–water partition coefficient (Wildman–Crippen LogP) is 1.53. The van der Waals surface area contributed by atoms with Crippen LogP contribution in [0.25, 0.3) is 0 Å². The molecule has 4 N–H and O–H groups in total. The van der Waals surface area contributed by atoms with E-state index in [-0.39, 0.29) is 11.2 Å². The van der Waals surface area contributed by atoms with Crippen molar-refractivity contribution in [3.8, 4) is 0 Å². The highest BCUT2D eigenvalue weighted by atomic mass is 35.5. The largest absolute Gasteiger partial charge is 0.744 e. The lowest BCUT2D eigenvalue weighted by atomic mass is 10.3. The molecule has 0 saturated heterocycles. The molecular formula is C6H7ClN2O5S. The number of halogens is 1. The smallest absolute Gasteiger partial charge is 0.289 e. The van der Waals surface area contributed by atoms with Crippen LogP contribution in [0.15, 0.2) is 23.1 Å². The summed E-state index contributed by atoms with van der Waals surface area (Å²) in [6.07, 6.45) is 0. The van der Waals surface area contributed by atoms with Crippen molar-refractivity contribution in [3.63, 3.8) is 0 Å². The van der Waals surface area contributed by atoms with Crippen LogP contribution < -0.4 is 6.15 Å². The molecule has 7 nitrogen and oxygen atoms in total. The normalized spacial score (nSPS) is 10.5. The zero-order valence-electron chi connectivity index (χ0n) is 7.51. The molecule has 0 spiro atoms. The van der Waals surface area contributed by atoms with E-state index in [1.54, 1.807) is 0 Å². The van der Waals surface area contributed by atoms with Gasteiger partial charge in [-0.05, 0) is 12.1 Å². The maximum absolute atomic E-state index is 10.5. The van der Waals surface area contributed by atoms with Crippen molar-refractivity contribution in [2.45, 2.75) is 4.90 Å². The third-order valence-corrected chi connectivity index (χ3v) is 2.55. The van der Waals surface area contributed by atoms with Crippen molar-refractivity contribution < 1.29 is 17.9 Å². The zero-order valence-corrected chi connectivity index (χ0v) is 9.08. The first-order valence-electron chi connectivity index (χ1n) is 3.22. The van der Waals surface area contributed by atoms with Gasteiger partial charge in [0.15, 0.2) is 0 Å². The number of hydrogen-bond donors (Lipinski definition) is 1. The topological polar surface area (TPSA) is 137 Å². The average molecular weight is 255 g/mol. The van der Waals surface area contributed by atoms with Crippen molar-refractivity contribution in [1.82, 2.24) is 6.15 Å². The number of rotatable bonds is 2. The third kappa shape index (κ3) is 3.13. The van der Waals surface area contributed by atoms with Crippen LogP contribution in [0.2, 0.25) is 5.02 Å². The molecule has 1 rings (SSSR count). The molecule has 9 heteroatoms. The molecular weight excluding hydrogens is 248 g/mol. The van der Waals surface area contributed by atoms with Crippen LogP contribution >= 0.6 is 11.6 Å². The lowest BCUT2D eigenvalue weighted by Gasteiger charge is -2.06. The van der Waals surface area contributed by atoms with E-state index in [9.17, 15) is 23.1 Å². The molecule has 0 unspecified atom stereocenters. The molecule has 0 atom stereocenters. The molecule has 0 aromatic heterocycles. The number of quaternary nitrogens is 1. The summed E-state index contributed by atoms with van der Waals surface area (Å²) >= 11 is 5.40. The minimum absolute atomic E-state index is 0. The van der Waals surface area contributed by atoms with Crippen molar-refractivity contribution >= 4 is 27.4 Å². The van der Waals surface area contributed by atoms with Crippen molar-refractivity contribution in [2.24, 2.45) is 0 Å². The molecule has 0 bridgehead atoms. The first kappa shape index (κ1) is 13.8. The Bertz CT molecular complexity index is 486. The van der Waals surface area contributed by atoms with Gasteiger partial charge in [0.05, 0.1) is 9.82 Å². The summed E-state index contributed by atoms with van der Waals surface area (Å²) in [5.74, 6) is 0. The molecule has 0 aliphatic rings. The van der Waals surface area contributed by atoms with Gasteiger partial charge in [0.25, 0.3) is 5.69 Å². The highest BCUT2D eigenvalue weighted by molar-refractivity contribution is 7.85. The van der Waals surface area contributed by atoms with E-state index in [2.05, 4.69) is 0 Å². The Balaban J connectivity index is 0.00000196. The van der Waals surface area contributed by atoms with Crippen molar-refractivity contribution in [1.29, 1.82) is 0 Å². The van der Waals surface area contributed by atoms with Crippen LogP contribution in [-0.2, 0) is 10.1 Å². The molecule has 1 aromatic carbocycles. The highest BCUT2D eigenvalue weighted by Gasteiger charge is 2.14. The van der Waals surface area contributed by atoms with Crippen LogP contribution in [0.4, 0.5) is 5.69 Å². The SMILES string of the molecule is O=[N+]([O-])c1cc(S(=O)(=O)[O-])ccc1Cl.[NH4+]. The first-order valence-corrected chi connectivity index (χ1v) is 5.01. The van der Waals surface area contributed by atoms with Crippen LogP contribution in [0.3, 0.4) is 0 Å². The second-order valence-corrected chi connectivity index (χ2v) is 4.11. The Kier molecular flexibility index (Phi) is 4.16. The Labute approximate surface area is 90.2 Å². The number of nitro groups is 1. The van der Waals surface area contributed by atoms with Gasteiger partial charge < -0.3 is 10.7 Å². The monoisotopic (exact) mass is 254 g/mol. The van der Waals surface area contributed by atoms with Gasteiger partial charge in [0.2, 0.25) is 0 Å². The molecule has 84 valence electrons. The summed E-state index contributed by atoms with van der Waals surface area (Å²) in [6.45, 7) is 0. The van der Waals surface area contributed by atoms with E-state index in [1.165, 1.54) is 0 Å². The standard InChI is InChI=1S/C6H4ClNO5S.H3N/c7-5-2-1-4(14(11,12)13)3-6(5)8(9)10;/h1-3H,(H,11,12,13);1H3. The summed E-state index contributed by atoms with van der Waals surface area (Å²) in [7, 11) is -4.69. The molecule has 0 aliphatic heterocycles. The fourth-order valence-electron chi connectivity index (χ4n) is 0.788. The van der Waals surface area contributed by atoms with Crippen LogP contribution in [0, 0.1) is 10.1 Å².